The topological polar surface area (TPSA) is 59.0 Å². The van der Waals surface area contributed by atoms with Gasteiger partial charge in [-0.3, -0.25) is 9.69 Å². The van der Waals surface area contributed by atoms with Crippen LogP contribution in [0.25, 0.3) is 0 Å². The number of methoxy groups -OCH3 is 2. The number of hydrogen-bond donors (Lipinski definition) is 1. The fourth-order valence-electron chi connectivity index (χ4n) is 2.86. The van der Waals surface area contributed by atoms with Gasteiger partial charge in [-0.05, 0) is 43.5 Å². The highest BCUT2D eigenvalue weighted by atomic mass is 16.5. The van der Waals surface area contributed by atoms with Crippen molar-refractivity contribution in [3.05, 3.63) is 23.8 Å². The minimum atomic E-state index is -0.747. The summed E-state index contributed by atoms with van der Waals surface area (Å²) in [6, 6.07) is 5.19. The van der Waals surface area contributed by atoms with Crippen LogP contribution in [0.4, 0.5) is 0 Å². The Bertz CT molecular complexity index is 503. The Labute approximate surface area is 125 Å². The molecule has 0 aliphatic carbocycles. The Morgan fingerprint density at radius 2 is 2.14 bits per heavy atom. The number of hydrogen-bond acceptors (Lipinski definition) is 4. The number of carboxylic acids is 1. The van der Waals surface area contributed by atoms with Crippen LogP contribution in [0.2, 0.25) is 0 Å². The molecular weight excluding hydrogens is 270 g/mol. The van der Waals surface area contributed by atoms with E-state index < -0.39 is 12.0 Å². The molecule has 1 aliphatic heterocycles. The van der Waals surface area contributed by atoms with Crippen LogP contribution in [0.1, 0.15) is 25.3 Å². The van der Waals surface area contributed by atoms with E-state index >= 15 is 0 Å². The first-order chi connectivity index (χ1) is 10.0. The standard InChI is InChI=1S/C16H23NO4/c1-11-6-7-17(14(8-11)16(18)19)10-12-9-13(20-2)4-5-15(12)21-3/h4-5,9,11,14H,6-8,10H2,1-3H3,(H,18,19). The van der Waals surface area contributed by atoms with Gasteiger partial charge in [-0.25, -0.2) is 0 Å². The molecule has 1 aromatic rings. The Morgan fingerprint density at radius 1 is 1.38 bits per heavy atom. The molecule has 5 heteroatoms. The monoisotopic (exact) mass is 293 g/mol. The van der Waals surface area contributed by atoms with Crippen molar-refractivity contribution in [2.24, 2.45) is 5.92 Å². The number of nitrogens with zero attached hydrogens (tertiary/aromatic N) is 1. The van der Waals surface area contributed by atoms with E-state index in [1.807, 2.05) is 23.1 Å². The third-order valence-corrected chi connectivity index (χ3v) is 4.12. The molecule has 1 N–H and O–H groups in total. The minimum Gasteiger partial charge on any atom is -0.497 e. The van der Waals surface area contributed by atoms with Crippen molar-refractivity contribution in [1.29, 1.82) is 0 Å². The fraction of sp³-hybridized carbons (Fsp3) is 0.562. The molecule has 0 aromatic heterocycles. The first kappa shape index (κ1) is 15.6. The number of piperidine rings is 1. The van der Waals surface area contributed by atoms with Gasteiger partial charge in [0.1, 0.15) is 17.5 Å². The van der Waals surface area contributed by atoms with Crippen molar-refractivity contribution in [3.8, 4) is 11.5 Å². The Kier molecular flexibility index (Phi) is 5.07. The van der Waals surface area contributed by atoms with Gasteiger partial charge in [-0.2, -0.15) is 0 Å². The molecule has 2 unspecified atom stereocenters. The van der Waals surface area contributed by atoms with Crippen molar-refractivity contribution < 1.29 is 19.4 Å². The maximum absolute atomic E-state index is 11.5. The van der Waals surface area contributed by atoms with E-state index in [0.29, 0.717) is 18.9 Å². The van der Waals surface area contributed by atoms with Crippen molar-refractivity contribution in [2.45, 2.75) is 32.4 Å². The minimum absolute atomic E-state index is 0.426. The molecule has 1 aliphatic rings. The molecule has 0 bridgehead atoms. The van der Waals surface area contributed by atoms with Crippen LogP contribution >= 0.6 is 0 Å². The molecule has 0 amide bonds. The average Bonchev–Trinajstić information content (AvgIpc) is 2.48. The second-order valence-electron chi connectivity index (χ2n) is 5.63. The smallest absolute Gasteiger partial charge is 0.320 e. The van der Waals surface area contributed by atoms with Gasteiger partial charge in [0, 0.05) is 12.1 Å². The van der Waals surface area contributed by atoms with Crippen LogP contribution in [0.5, 0.6) is 11.5 Å². The molecule has 1 heterocycles. The number of carboxylic acid groups (broad SMARTS) is 1. The van der Waals surface area contributed by atoms with Crippen molar-refractivity contribution >= 4 is 5.97 Å². The Morgan fingerprint density at radius 3 is 2.76 bits per heavy atom. The molecule has 2 atom stereocenters. The zero-order valence-corrected chi connectivity index (χ0v) is 12.8. The van der Waals surface area contributed by atoms with Gasteiger partial charge in [-0.1, -0.05) is 6.92 Å². The van der Waals surface area contributed by atoms with E-state index in [9.17, 15) is 9.90 Å². The number of benzene rings is 1. The SMILES string of the molecule is COc1ccc(OC)c(CN2CCC(C)CC2C(=O)O)c1. The summed E-state index contributed by atoms with van der Waals surface area (Å²) >= 11 is 0. The molecule has 0 spiro atoms. The maximum atomic E-state index is 11.5. The zero-order chi connectivity index (χ0) is 15.4. The Hall–Kier alpha value is -1.75. The molecule has 21 heavy (non-hydrogen) atoms. The molecular formula is C16H23NO4. The second-order valence-corrected chi connectivity index (χ2v) is 5.63. The van der Waals surface area contributed by atoms with E-state index in [1.165, 1.54) is 0 Å². The Balaban J connectivity index is 2.21. The van der Waals surface area contributed by atoms with E-state index in [2.05, 4.69) is 6.92 Å². The normalized spacial score (nSPS) is 22.8. The molecule has 2 rings (SSSR count). The van der Waals surface area contributed by atoms with E-state index in [0.717, 1.165) is 30.0 Å². The lowest BCUT2D eigenvalue weighted by Crippen LogP contribution is -2.46. The van der Waals surface area contributed by atoms with Gasteiger partial charge >= 0.3 is 5.97 Å². The molecule has 1 fully saturated rings. The van der Waals surface area contributed by atoms with Gasteiger partial charge in [0.25, 0.3) is 0 Å². The lowest BCUT2D eigenvalue weighted by atomic mass is 9.92. The maximum Gasteiger partial charge on any atom is 0.320 e. The van der Waals surface area contributed by atoms with Gasteiger partial charge in [-0.15, -0.1) is 0 Å². The number of carbonyl (C=O) groups is 1. The summed E-state index contributed by atoms with van der Waals surface area (Å²) < 4.78 is 10.6. The third-order valence-electron chi connectivity index (χ3n) is 4.12. The van der Waals surface area contributed by atoms with Crippen LogP contribution in [-0.2, 0) is 11.3 Å². The highest BCUT2D eigenvalue weighted by Gasteiger charge is 2.32. The molecule has 1 saturated heterocycles. The summed E-state index contributed by atoms with van der Waals surface area (Å²) in [5, 5.41) is 9.43. The van der Waals surface area contributed by atoms with E-state index in [4.69, 9.17) is 9.47 Å². The van der Waals surface area contributed by atoms with Crippen molar-refractivity contribution in [2.75, 3.05) is 20.8 Å². The second kappa shape index (κ2) is 6.80. The largest absolute Gasteiger partial charge is 0.497 e. The molecule has 1 aromatic carbocycles. The first-order valence-corrected chi connectivity index (χ1v) is 7.23. The highest BCUT2D eigenvalue weighted by Crippen LogP contribution is 2.29. The lowest BCUT2D eigenvalue weighted by molar-refractivity contribution is -0.145. The summed E-state index contributed by atoms with van der Waals surface area (Å²) in [4.78, 5) is 13.5. The van der Waals surface area contributed by atoms with E-state index in [-0.39, 0.29) is 0 Å². The molecule has 0 radical (unpaired) electrons. The number of rotatable bonds is 5. The average molecular weight is 293 g/mol. The van der Waals surface area contributed by atoms with Crippen molar-refractivity contribution in [3.63, 3.8) is 0 Å². The lowest BCUT2D eigenvalue weighted by Gasteiger charge is -2.36. The van der Waals surface area contributed by atoms with Crippen LogP contribution in [0.3, 0.4) is 0 Å². The predicted molar refractivity (Wildman–Crippen MR) is 79.8 cm³/mol. The molecule has 116 valence electrons. The highest BCUT2D eigenvalue weighted by molar-refractivity contribution is 5.73. The zero-order valence-electron chi connectivity index (χ0n) is 12.8. The van der Waals surface area contributed by atoms with Crippen LogP contribution in [-0.4, -0.2) is 42.8 Å². The number of ether oxygens (including phenoxy) is 2. The number of aliphatic carboxylic acids is 1. The molecule has 5 nitrogen and oxygen atoms in total. The van der Waals surface area contributed by atoms with Crippen LogP contribution in [0.15, 0.2) is 18.2 Å². The van der Waals surface area contributed by atoms with Crippen molar-refractivity contribution in [1.82, 2.24) is 4.90 Å². The van der Waals surface area contributed by atoms with Gasteiger partial charge in [0.05, 0.1) is 14.2 Å². The van der Waals surface area contributed by atoms with Crippen LogP contribution < -0.4 is 9.47 Å². The first-order valence-electron chi connectivity index (χ1n) is 7.23. The summed E-state index contributed by atoms with van der Waals surface area (Å²) in [6.07, 6.45) is 1.72. The summed E-state index contributed by atoms with van der Waals surface area (Å²) in [5.41, 5.74) is 0.956. The number of likely N-dealkylation sites (tertiary alicyclic amines) is 1. The fourth-order valence-corrected chi connectivity index (χ4v) is 2.86. The van der Waals surface area contributed by atoms with Gasteiger partial charge in [0.2, 0.25) is 0 Å². The quantitative estimate of drug-likeness (QED) is 0.903. The predicted octanol–water partition coefficient (Wildman–Crippen LogP) is 2.39. The van der Waals surface area contributed by atoms with Crippen LogP contribution in [0, 0.1) is 5.92 Å². The van der Waals surface area contributed by atoms with Gasteiger partial charge in [0.15, 0.2) is 0 Å². The van der Waals surface area contributed by atoms with Gasteiger partial charge < -0.3 is 14.6 Å². The molecule has 0 saturated carbocycles. The summed E-state index contributed by atoms with van der Waals surface area (Å²) in [6.45, 7) is 3.46. The van der Waals surface area contributed by atoms with E-state index in [1.54, 1.807) is 14.2 Å². The summed E-state index contributed by atoms with van der Waals surface area (Å²) in [5.74, 6) is 1.22. The summed E-state index contributed by atoms with van der Waals surface area (Å²) in [7, 11) is 3.24. The third kappa shape index (κ3) is 3.67.